The molecule has 86 valence electrons. The van der Waals surface area contributed by atoms with Crippen molar-refractivity contribution < 1.29 is 14.3 Å². The van der Waals surface area contributed by atoms with Crippen molar-refractivity contribution in [3.05, 3.63) is 12.2 Å². The van der Waals surface area contributed by atoms with Crippen molar-refractivity contribution in [1.29, 1.82) is 0 Å². The van der Waals surface area contributed by atoms with Gasteiger partial charge in [-0.25, -0.2) is 0 Å². The molecule has 0 aromatic heterocycles. The van der Waals surface area contributed by atoms with Crippen molar-refractivity contribution in [2.75, 3.05) is 0 Å². The summed E-state index contributed by atoms with van der Waals surface area (Å²) in [5, 5.41) is 0. The first-order valence-corrected chi connectivity index (χ1v) is 6.04. The predicted octanol–water partition coefficient (Wildman–Crippen LogP) is 2.07. The van der Waals surface area contributed by atoms with E-state index in [0.29, 0.717) is 0 Å². The van der Waals surface area contributed by atoms with Gasteiger partial charge in [-0.3, -0.25) is 9.59 Å². The lowest BCUT2D eigenvalue weighted by Crippen LogP contribution is -2.33. The molecular formula is C13H16O3. The standard InChI is InChI=1S/C13H16O3/c1-3-12-5-6-13(4-2,7-12)9-8(12)10(14)16-11(9)15/h5-6,8-9H,3-4,7H2,1-2H3. The molecule has 2 aliphatic carbocycles. The van der Waals surface area contributed by atoms with E-state index in [4.69, 9.17) is 4.74 Å². The van der Waals surface area contributed by atoms with Crippen LogP contribution in [0.5, 0.6) is 0 Å². The lowest BCUT2D eigenvalue weighted by Gasteiger charge is -2.28. The van der Waals surface area contributed by atoms with Gasteiger partial charge in [-0.1, -0.05) is 26.0 Å². The van der Waals surface area contributed by atoms with E-state index < -0.39 is 0 Å². The molecule has 4 unspecified atom stereocenters. The molecule has 3 rings (SSSR count). The van der Waals surface area contributed by atoms with Crippen molar-refractivity contribution in [1.82, 2.24) is 0 Å². The Balaban J connectivity index is 2.15. The van der Waals surface area contributed by atoms with Crippen LogP contribution in [0.2, 0.25) is 0 Å². The van der Waals surface area contributed by atoms with Crippen LogP contribution in [0.15, 0.2) is 12.2 Å². The van der Waals surface area contributed by atoms with E-state index in [2.05, 4.69) is 26.0 Å². The summed E-state index contributed by atoms with van der Waals surface area (Å²) in [6.45, 7) is 4.18. The third-order valence-electron chi connectivity index (χ3n) is 5.00. The van der Waals surface area contributed by atoms with Gasteiger partial charge in [0.2, 0.25) is 0 Å². The molecule has 2 bridgehead atoms. The normalized spacial score (nSPS) is 48.6. The Labute approximate surface area is 94.8 Å². The molecule has 3 aliphatic rings. The lowest BCUT2D eigenvalue weighted by atomic mass is 9.70. The number of hydrogen-bond acceptors (Lipinski definition) is 3. The molecule has 0 amide bonds. The molecule has 1 aliphatic heterocycles. The van der Waals surface area contributed by atoms with Gasteiger partial charge >= 0.3 is 11.9 Å². The number of fused-ring (bicyclic) bond motifs is 5. The van der Waals surface area contributed by atoms with Crippen LogP contribution in [-0.4, -0.2) is 11.9 Å². The Morgan fingerprint density at radius 2 is 1.56 bits per heavy atom. The molecule has 0 aromatic carbocycles. The first-order valence-electron chi connectivity index (χ1n) is 6.04. The predicted molar refractivity (Wildman–Crippen MR) is 57.3 cm³/mol. The zero-order chi connectivity index (χ0) is 11.6. The number of hydrogen-bond donors (Lipinski definition) is 0. The van der Waals surface area contributed by atoms with Gasteiger partial charge in [-0.05, 0) is 19.3 Å². The number of rotatable bonds is 2. The van der Waals surface area contributed by atoms with E-state index >= 15 is 0 Å². The van der Waals surface area contributed by atoms with Gasteiger partial charge in [0.1, 0.15) is 0 Å². The summed E-state index contributed by atoms with van der Waals surface area (Å²) < 4.78 is 4.84. The van der Waals surface area contributed by atoms with Crippen molar-refractivity contribution in [3.8, 4) is 0 Å². The first kappa shape index (κ1) is 10.1. The van der Waals surface area contributed by atoms with Crippen LogP contribution in [0.25, 0.3) is 0 Å². The van der Waals surface area contributed by atoms with Gasteiger partial charge in [-0.2, -0.15) is 0 Å². The SMILES string of the molecule is CCC12C=CC(CC)(C1)C1C(=O)OC(=O)C12. The maximum atomic E-state index is 11.8. The summed E-state index contributed by atoms with van der Waals surface area (Å²) in [5.41, 5.74) is -0.214. The average Bonchev–Trinajstić information content (AvgIpc) is 2.89. The molecule has 0 N–H and O–H groups in total. The number of ether oxygens (including phenoxy) is 1. The third kappa shape index (κ3) is 0.864. The minimum atomic E-state index is -0.295. The van der Waals surface area contributed by atoms with Crippen molar-refractivity contribution >= 4 is 11.9 Å². The number of esters is 2. The Hall–Kier alpha value is -1.12. The molecule has 2 fully saturated rings. The first-order chi connectivity index (χ1) is 7.58. The minimum Gasteiger partial charge on any atom is -0.393 e. The molecule has 1 saturated heterocycles. The molecule has 1 saturated carbocycles. The maximum Gasteiger partial charge on any atom is 0.318 e. The van der Waals surface area contributed by atoms with Crippen molar-refractivity contribution in [2.24, 2.45) is 22.7 Å². The van der Waals surface area contributed by atoms with Crippen LogP contribution in [0.4, 0.5) is 0 Å². The maximum absolute atomic E-state index is 11.8. The highest BCUT2D eigenvalue weighted by Gasteiger charge is 2.70. The largest absolute Gasteiger partial charge is 0.393 e. The van der Waals surface area contributed by atoms with Gasteiger partial charge in [0.25, 0.3) is 0 Å². The summed E-state index contributed by atoms with van der Waals surface area (Å²) >= 11 is 0. The molecule has 16 heavy (non-hydrogen) atoms. The van der Waals surface area contributed by atoms with E-state index in [9.17, 15) is 9.59 Å². The Morgan fingerprint density at radius 1 is 1.12 bits per heavy atom. The van der Waals surface area contributed by atoms with Crippen LogP contribution in [-0.2, 0) is 14.3 Å². The van der Waals surface area contributed by atoms with Crippen molar-refractivity contribution in [3.63, 3.8) is 0 Å². The van der Waals surface area contributed by atoms with Gasteiger partial charge in [0, 0.05) is 10.8 Å². The van der Waals surface area contributed by atoms with Gasteiger partial charge in [0.15, 0.2) is 0 Å². The Bertz CT molecular complexity index is 375. The number of cyclic esters (lactones) is 2. The fourth-order valence-electron chi connectivity index (χ4n) is 4.05. The number of allylic oxidation sites excluding steroid dienone is 2. The summed E-state index contributed by atoms with van der Waals surface area (Å²) in [7, 11) is 0. The molecule has 0 radical (unpaired) electrons. The number of carbonyl (C=O) groups is 2. The highest BCUT2D eigenvalue weighted by atomic mass is 16.6. The van der Waals surface area contributed by atoms with Crippen LogP contribution < -0.4 is 0 Å². The fourth-order valence-corrected chi connectivity index (χ4v) is 4.05. The topological polar surface area (TPSA) is 43.4 Å². The summed E-state index contributed by atoms with van der Waals surface area (Å²) in [5.74, 6) is -1.02. The van der Waals surface area contributed by atoms with E-state index in [1.54, 1.807) is 0 Å². The second-order valence-electron chi connectivity index (χ2n) is 5.38. The molecule has 0 aromatic rings. The molecule has 4 atom stereocenters. The van der Waals surface area contributed by atoms with E-state index in [-0.39, 0.29) is 34.6 Å². The average molecular weight is 220 g/mol. The molecular weight excluding hydrogens is 204 g/mol. The Morgan fingerprint density at radius 3 is 1.94 bits per heavy atom. The Kier molecular flexibility index (Phi) is 1.74. The second kappa shape index (κ2) is 2.76. The fraction of sp³-hybridized carbons (Fsp3) is 0.692. The monoisotopic (exact) mass is 220 g/mol. The minimum absolute atomic E-state index is 0.107. The number of carbonyl (C=O) groups excluding carboxylic acids is 2. The smallest absolute Gasteiger partial charge is 0.318 e. The molecule has 0 spiro atoms. The van der Waals surface area contributed by atoms with Crippen LogP contribution in [0.1, 0.15) is 33.1 Å². The van der Waals surface area contributed by atoms with Crippen LogP contribution in [0, 0.1) is 22.7 Å². The zero-order valence-corrected chi connectivity index (χ0v) is 9.66. The van der Waals surface area contributed by atoms with Crippen LogP contribution in [0.3, 0.4) is 0 Å². The van der Waals surface area contributed by atoms with Gasteiger partial charge in [0.05, 0.1) is 11.8 Å². The van der Waals surface area contributed by atoms with Crippen LogP contribution >= 0.6 is 0 Å². The lowest BCUT2D eigenvalue weighted by molar-refractivity contribution is -0.155. The third-order valence-corrected chi connectivity index (χ3v) is 5.00. The molecule has 3 nitrogen and oxygen atoms in total. The van der Waals surface area contributed by atoms with E-state index in [1.807, 2.05) is 0 Å². The van der Waals surface area contributed by atoms with Gasteiger partial charge < -0.3 is 4.74 Å². The highest BCUT2D eigenvalue weighted by molar-refractivity contribution is 5.99. The molecule has 3 heteroatoms. The van der Waals surface area contributed by atoms with E-state index in [1.165, 1.54) is 0 Å². The summed E-state index contributed by atoms with van der Waals surface area (Å²) in [6, 6.07) is 0. The zero-order valence-electron chi connectivity index (χ0n) is 9.66. The highest BCUT2D eigenvalue weighted by Crippen LogP contribution is 2.68. The van der Waals surface area contributed by atoms with Gasteiger partial charge in [-0.15, -0.1) is 0 Å². The summed E-state index contributed by atoms with van der Waals surface area (Å²) in [4.78, 5) is 23.6. The summed E-state index contributed by atoms with van der Waals surface area (Å²) in [6.07, 6.45) is 7.10. The van der Waals surface area contributed by atoms with Crippen molar-refractivity contribution in [2.45, 2.75) is 33.1 Å². The second-order valence-corrected chi connectivity index (χ2v) is 5.38. The quantitative estimate of drug-likeness (QED) is 0.406. The molecule has 1 heterocycles. The van der Waals surface area contributed by atoms with E-state index in [0.717, 1.165) is 19.3 Å².